The number of hydrogen-bond acceptors (Lipinski definition) is 2. The molecule has 1 fully saturated rings. The van der Waals surface area contributed by atoms with Gasteiger partial charge in [0.25, 0.3) is 0 Å². The van der Waals surface area contributed by atoms with Crippen LogP contribution in [0.1, 0.15) is 49.4 Å². The maximum Gasteiger partial charge on any atom is 0.309 e. The summed E-state index contributed by atoms with van der Waals surface area (Å²) in [5.41, 5.74) is 2.06. The van der Waals surface area contributed by atoms with Gasteiger partial charge in [-0.25, -0.2) is 0 Å². The second-order valence-corrected chi connectivity index (χ2v) is 6.54. The third kappa shape index (κ3) is 4.47. The SMILES string of the molecule is CC[C@H](NC(=O)C(=O)N[C@H](c1ccccc1)C1CC1)c1ccccc1. The molecule has 2 aromatic carbocycles. The second kappa shape index (κ2) is 7.97. The number of benzene rings is 2. The normalized spacial score (nSPS) is 15.9. The van der Waals surface area contributed by atoms with Gasteiger partial charge in [0.1, 0.15) is 0 Å². The molecule has 0 bridgehead atoms. The average Bonchev–Trinajstić information content (AvgIpc) is 3.50. The Morgan fingerprint density at radius 1 is 0.880 bits per heavy atom. The van der Waals surface area contributed by atoms with Crippen LogP contribution in [0.2, 0.25) is 0 Å². The number of nitrogens with one attached hydrogen (secondary N) is 2. The highest BCUT2D eigenvalue weighted by atomic mass is 16.2. The fourth-order valence-corrected chi connectivity index (χ4v) is 3.10. The summed E-state index contributed by atoms with van der Waals surface area (Å²) < 4.78 is 0. The van der Waals surface area contributed by atoms with Gasteiger partial charge in [-0.3, -0.25) is 9.59 Å². The maximum atomic E-state index is 12.4. The Balaban J connectivity index is 1.64. The molecule has 0 saturated heterocycles. The van der Waals surface area contributed by atoms with Crippen molar-refractivity contribution in [3.63, 3.8) is 0 Å². The van der Waals surface area contributed by atoms with Crippen LogP contribution in [0, 0.1) is 5.92 Å². The first-order valence-electron chi connectivity index (χ1n) is 8.90. The lowest BCUT2D eigenvalue weighted by Crippen LogP contribution is -2.43. The van der Waals surface area contributed by atoms with Crippen molar-refractivity contribution in [2.24, 2.45) is 5.92 Å². The van der Waals surface area contributed by atoms with Crippen molar-refractivity contribution >= 4 is 11.8 Å². The fourth-order valence-electron chi connectivity index (χ4n) is 3.10. The van der Waals surface area contributed by atoms with Crippen molar-refractivity contribution in [2.75, 3.05) is 0 Å². The van der Waals surface area contributed by atoms with E-state index in [0.717, 1.165) is 30.4 Å². The predicted molar refractivity (Wildman–Crippen MR) is 97.7 cm³/mol. The molecule has 2 aromatic rings. The van der Waals surface area contributed by atoms with Crippen LogP contribution in [0.25, 0.3) is 0 Å². The molecule has 0 heterocycles. The molecule has 4 heteroatoms. The van der Waals surface area contributed by atoms with Crippen LogP contribution < -0.4 is 10.6 Å². The molecular weight excluding hydrogens is 312 g/mol. The topological polar surface area (TPSA) is 58.2 Å². The van der Waals surface area contributed by atoms with Gasteiger partial charge in [0.05, 0.1) is 12.1 Å². The quantitative estimate of drug-likeness (QED) is 0.793. The summed E-state index contributed by atoms with van der Waals surface area (Å²) >= 11 is 0. The molecule has 0 radical (unpaired) electrons. The predicted octanol–water partition coefficient (Wildman–Crippen LogP) is 3.52. The summed E-state index contributed by atoms with van der Waals surface area (Å²) in [5, 5.41) is 5.77. The summed E-state index contributed by atoms with van der Waals surface area (Å²) in [6.07, 6.45) is 2.90. The molecule has 2 amide bonds. The van der Waals surface area contributed by atoms with E-state index >= 15 is 0 Å². The number of carbonyl (C=O) groups is 2. The largest absolute Gasteiger partial charge is 0.341 e. The molecule has 0 spiro atoms. The Hall–Kier alpha value is -2.62. The molecule has 0 aliphatic heterocycles. The second-order valence-electron chi connectivity index (χ2n) is 6.54. The molecule has 2 atom stereocenters. The Morgan fingerprint density at radius 3 is 1.92 bits per heavy atom. The Kier molecular flexibility index (Phi) is 5.49. The molecule has 1 saturated carbocycles. The Morgan fingerprint density at radius 2 is 1.40 bits per heavy atom. The minimum atomic E-state index is -0.572. The number of hydrogen-bond donors (Lipinski definition) is 2. The fraction of sp³-hybridized carbons (Fsp3) is 0.333. The minimum absolute atomic E-state index is 0.0868. The molecule has 25 heavy (non-hydrogen) atoms. The van der Waals surface area contributed by atoms with E-state index in [1.807, 2.05) is 67.6 Å². The van der Waals surface area contributed by atoms with Crippen LogP contribution in [0.3, 0.4) is 0 Å². The summed E-state index contributed by atoms with van der Waals surface area (Å²) in [4.78, 5) is 24.8. The third-order valence-corrected chi connectivity index (χ3v) is 4.66. The number of carbonyl (C=O) groups excluding carboxylic acids is 2. The molecule has 1 aliphatic carbocycles. The van der Waals surface area contributed by atoms with E-state index in [0.29, 0.717) is 5.92 Å². The van der Waals surface area contributed by atoms with Crippen molar-refractivity contribution < 1.29 is 9.59 Å². The molecule has 1 aliphatic rings. The lowest BCUT2D eigenvalue weighted by atomic mass is 10.0. The van der Waals surface area contributed by atoms with E-state index in [1.54, 1.807) is 0 Å². The first-order chi connectivity index (χ1) is 12.2. The van der Waals surface area contributed by atoms with Crippen LogP contribution in [0.5, 0.6) is 0 Å². The van der Waals surface area contributed by atoms with Gasteiger partial charge in [0.2, 0.25) is 0 Å². The lowest BCUT2D eigenvalue weighted by molar-refractivity contribution is -0.140. The van der Waals surface area contributed by atoms with Crippen molar-refractivity contribution in [3.8, 4) is 0 Å². The molecule has 4 nitrogen and oxygen atoms in total. The van der Waals surface area contributed by atoms with E-state index in [1.165, 1.54) is 0 Å². The van der Waals surface area contributed by atoms with Crippen LogP contribution in [0.15, 0.2) is 60.7 Å². The van der Waals surface area contributed by atoms with Crippen LogP contribution >= 0.6 is 0 Å². The summed E-state index contributed by atoms with van der Waals surface area (Å²) in [7, 11) is 0. The molecule has 2 N–H and O–H groups in total. The van der Waals surface area contributed by atoms with E-state index in [-0.39, 0.29) is 12.1 Å². The van der Waals surface area contributed by atoms with Gasteiger partial charge in [0.15, 0.2) is 0 Å². The van der Waals surface area contributed by atoms with E-state index in [4.69, 9.17) is 0 Å². The van der Waals surface area contributed by atoms with Gasteiger partial charge in [-0.1, -0.05) is 67.6 Å². The molecule has 0 aromatic heterocycles. The Labute approximate surface area is 148 Å². The van der Waals surface area contributed by atoms with Crippen molar-refractivity contribution in [1.29, 1.82) is 0 Å². The van der Waals surface area contributed by atoms with Gasteiger partial charge in [-0.2, -0.15) is 0 Å². The molecule has 0 unspecified atom stereocenters. The van der Waals surface area contributed by atoms with Crippen molar-refractivity contribution in [1.82, 2.24) is 10.6 Å². The maximum absolute atomic E-state index is 12.4. The highest BCUT2D eigenvalue weighted by Gasteiger charge is 2.34. The third-order valence-electron chi connectivity index (χ3n) is 4.66. The van der Waals surface area contributed by atoms with Gasteiger partial charge < -0.3 is 10.6 Å². The minimum Gasteiger partial charge on any atom is -0.341 e. The standard InChI is InChI=1S/C21H24N2O2/c1-2-18(15-9-5-3-6-10-15)22-20(24)21(25)23-19(17-13-14-17)16-11-7-4-8-12-16/h3-12,17-19H,2,13-14H2,1H3,(H,22,24)(H,23,25)/t18-,19+/m0/s1. The summed E-state index contributed by atoms with van der Waals surface area (Å²) in [5.74, 6) is -0.706. The Bertz CT molecular complexity index is 711. The van der Waals surface area contributed by atoms with Gasteiger partial charge in [-0.15, -0.1) is 0 Å². The molecule has 3 rings (SSSR count). The zero-order valence-electron chi connectivity index (χ0n) is 14.4. The van der Waals surface area contributed by atoms with E-state index < -0.39 is 11.8 Å². The highest BCUT2D eigenvalue weighted by molar-refractivity contribution is 6.35. The van der Waals surface area contributed by atoms with Crippen molar-refractivity contribution in [2.45, 2.75) is 38.3 Å². The first kappa shape index (κ1) is 17.2. The van der Waals surface area contributed by atoms with Crippen LogP contribution in [-0.2, 0) is 9.59 Å². The van der Waals surface area contributed by atoms with Gasteiger partial charge >= 0.3 is 11.8 Å². The lowest BCUT2D eigenvalue weighted by Gasteiger charge is -2.21. The van der Waals surface area contributed by atoms with E-state index in [9.17, 15) is 9.59 Å². The number of rotatable bonds is 6. The highest BCUT2D eigenvalue weighted by Crippen LogP contribution is 2.40. The number of amides is 2. The van der Waals surface area contributed by atoms with Gasteiger partial charge in [0, 0.05) is 0 Å². The van der Waals surface area contributed by atoms with Gasteiger partial charge in [-0.05, 0) is 36.3 Å². The smallest absolute Gasteiger partial charge is 0.309 e. The van der Waals surface area contributed by atoms with Crippen molar-refractivity contribution in [3.05, 3.63) is 71.8 Å². The average molecular weight is 336 g/mol. The monoisotopic (exact) mass is 336 g/mol. The first-order valence-corrected chi connectivity index (χ1v) is 8.90. The molecule has 130 valence electrons. The van der Waals surface area contributed by atoms with Crippen LogP contribution in [-0.4, -0.2) is 11.8 Å². The molecular formula is C21H24N2O2. The summed E-state index contributed by atoms with van der Waals surface area (Å²) in [6, 6.07) is 19.3. The van der Waals surface area contributed by atoms with Crippen LogP contribution in [0.4, 0.5) is 0 Å². The van der Waals surface area contributed by atoms with E-state index in [2.05, 4.69) is 10.6 Å². The zero-order valence-corrected chi connectivity index (χ0v) is 14.4. The summed E-state index contributed by atoms with van der Waals surface area (Å²) in [6.45, 7) is 1.99. The zero-order chi connectivity index (χ0) is 17.6.